The Labute approximate surface area is 113 Å². The minimum absolute atomic E-state index is 0.211. The molecule has 2 atom stereocenters. The van der Waals surface area contributed by atoms with E-state index in [0.717, 1.165) is 25.6 Å². The zero-order valence-electron chi connectivity index (χ0n) is 11.4. The van der Waals surface area contributed by atoms with Crippen LogP contribution in [0.3, 0.4) is 0 Å². The molecule has 1 saturated heterocycles. The molecule has 19 heavy (non-hydrogen) atoms. The average molecular weight is 268 g/mol. The Morgan fingerprint density at radius 1 is 1.42 bits per heavy atom. The normalized spacial score (nSPS) is 21.8. The smallest absolute Gasteiger partial charge is 0.128 e. The lowest BCUT2D eigenvalue weighted by Gasteiger charge is -2.27. The summed E-state index contributed by atoms with van der Waals surface area (Å²) in [4.78, 5) is 2.19. The first-order valence-electron chi connectivity index (χ1n) is 7.04. The zero-order valence-corrected chi connectivity index (χ0v) is 11.4. The molecule has 1 aromatic carbocycles. The summed E-state index contributed by atoms with van der Waals surface area (Å²) in [6.45, 7) is 4.35. The van der Waals surface area contributed by atoms with Gasteiger partial charge in [-0.1, -0.05) is 13.3 Å². The minimum atomic E-state index is -0.404. The molecule has 0 spiro atoms. The number of nitrogens with zero attached hydrogens (tertiary/aromatic N) is 1. The zero-order chi connectivity index (χ0) is 13.8. The molecule has 0 aliphatic carbocycles. The quantitative estimate of drug-likeness (QED) is 0.889. The van der Waals surface area contributed by atoms with E-state index in [9.17, 15) is 8.78 Å². The third-order valence-corrected chi connectivity index (χ3v) is 4.00. The molecule has 0 aromatic heterocycles. The van der Waals surface area contributed by atoms with E-state index < -0.39 is 5.82 Å². The van der Waals surface area contributed by atoms with Gasteiger partial charge in [-0.25, -0.2) is 8.78 Å². The summed E-state index contributed by atoms with van der Waals surface area (Å²) in [5.74, 6) is -0.106. The minimum Gasteiger partial charge on any atom is -0.329 e. The Kier molecular flexibility index (Phi) is 4.88. The number of nitrogens with two attached hydrogens (primary N) is 1. The second-order valence-corrected chi connectivity index (χ2v) is 5.36. The Hall–Kier alpha value is -1.00. The summed E-state index contributed by atoms with van der Waals surface area (Å²) in [5.41, 5.74) is 6.18. The van der Waals surface area contributed by atoms with Crippen molar-refractivity contribution in [2.75, 3.05) is 19.6 Å². The van der Waals surface area contributed by atoms with Gasteiger partial charge in [0.1, 0.15) is 11.6 Å². The maximum absolute atomic E-state index is 13.9. The van der Waals surface area contributed by atoms with Gasteiger partial charge in [-0.05, 0) is 43.5 Å². The molecule has 0 radical (unpaired) electrons. The van der Waals surface area contributed by atoms with Crippen LogP contribution in [-0.4, -0.2) is 24.5 Å². The maximum atomic E-state index is 13.9. The van der Waals surface area contributed by atoms with Crippen molar-refractivity contribution in [2.24, 2.45) is 11.7 Å². The third-order valence-electron chi connectivity index (χ3n) is 4.00. The van der Waals surface area contributed by atoms with Crippen molar-refractivity contribution in [3.8, 4) is 0 Å². The predicted molar refractivity (Wildman–Crippen MR) is 72.7 cm³/mol. The largest absolute Gasteiger partial charge is 0.329 e. The lowest BCUT2D eigenvalue weighted by atomic mass is 10.0. The summed E-state index contributed by atoms with van der Waals surface area (Å²) in [6.07, 6.45) is 3.49. The molecule has 0 amide bonds. The molecular weight excluding hydrogens is 246 g/mol. The number of benzene rings is 1. The molecule has 1 aromatic rings. The SMILES string of the molecule is CCCC1CCN(C(CN)c2cc(F)ccc2F)C1. The van der Waals surface area contributed by atoms with Crippen LogP contribution < -0.4 is 5.73 Å². The van der Waals surface area contributed by atoms with Crippen LogP contribution in [-0.2, 0) is 0 Å². The van der Waals surface area contributed by atoms with Gasteiger partial charge in [-0.2, -0.15) is 0 Å². The summed E-state index contributed by atoms with van der Waals surface area (Å²) in [5, 5.41) is 0. The van der Waals surface area contributed by atoms with Crippen LogP contribution in [0, 0.1) is 17.6 Å². The van der Waals surface area contributed by atoms with Crippen LogP contribution in [0.15, 0.2) is 18.2 Å². The van der Waals surface area contributed by atoms with Crippen molar-refractivity contribution in [1.82, 2.24) is 4.90 Å². The first kappa shape index (κ1) is 14.4. The van der Waals surface area contributed by atoms with Gasteiger partial charge < -0.3 is 5.73 Å². The topological polar surface area (TPSA) is 29.3 Å². The molecular formula is C15H22F2N2. The molecule has 0 saturated carbocycles. The highest BCUT2D eigenvalue weighted by Crippen LogP contribution is 2.30. The van der Waals surface area contributed by atoms with Gasteiger partial charge in [0.05, 0.1) is 6.04 Å². The molecule has 2 rings (SSSR count). The molecule has 1 aliphatic heterocycles. The summed E-state index contributed by atoms with van der Waals surface area (Å²) >= 11 is 0. The first-order valence-corrected chi connectivity index (χ1v) is 7.04. The van der Waals surface area contributed by atoms with E-state index in [1.165, 1.54) is 25.0 Å². The molecule has 1 heterocycles. The van der Waals surface area contributed by atoms with E-state index in [2.05, 4.69) is 11.8 Å². The standard InChI is InChI=1S/C15H22F2N2/c1-2-3-11-6-7-19(10-11)15(9-18)13-8-12(16)4-5-14(13)17/h4-5,8,11,15H,2-3,6-7,9-10,18H2,1H3. The second kappa shape index (κ2) is 6.44. The fourth-order valence-corrected chi connectivity index (χ4v) is 3.03. The van der Waals surface area contributed by atoms with Crippen molar-refractivity contribution in [3.63, 3.8) is 0 Å². The van der Waals surface area contributed by atoms with Crippen LogP contribution in [0.5, 0.6) is 0 Å². The lowest BCUT2D eigenvalue weighted by molar-refractivity contribution is 0.234. The summed E-state index contributed by atoms with van der Waals surface area (Å²) in [7, 11) is 0. The van der Waals surface area contributed by atoms with Gasteiger partial charge in [-0.3, -0.25) is 4.90 Å². The van der Waals surface area contributed by atoms with Crippen LogP contribution in [0.1, 0.15) is 37.8 Å². The second-order valence-electron chi connectivity index (χ2n) is 5.36. The lowest BCUT2D eigenvalue weighted by Crippen LogP contribution is -2.32. The Morgan fingerprint density at radius 2 is 2.21 bits per heavy atom. The van der Waals surface area contributed by atoms with Gasteiger partial charge in [0, 0.05) is 18.7 Å². The Bertz CT molecular complexity index is 423. The average Bonchev–Trinajstić information content (AvgIpc) is 2.83. The molecule has 2 N–H and O–H groups in total. The molecule has 106 valence electrons. The van der Waals surface area contributed by atoms with Crippen molar-refractivity contribution < 1.29 is 8.78 Å². The summed E-state index contributed by atoms with van der Waals surface area (Å²) in [6, 6.07) is 3.40. The van der Waals surface area contributed by atoms with E-state index in [1.807, 2.05) is 0 Å². The number of halogens is 2. The Balaban J connectivity index is 2.14. The van der Waals surface area contributed by atoms with E-state index in [1.54, 1.807) is 0 Å². The third kappa shape index (κ3) is 3.31. The van der Waals surface area contributed by atoms with Crippen molar-refractivity contribution in [3.05, 3.63) is 35.4 Å². The number of rotatable bonds is 5. The molecule has 1 fully saturated rings. The predicted octanol–water partition coefficient (Wildman–Crippen LogP) is 3.09. The van der Waals surface area contributed by atoms with Crippen molar-refractivity contribution in [1.29, 1.82) is 0 Å². The van der Waals surface area contributed by atoms with Gasteiger partial charge in [0.15, 0.2) is 0 Å². The van der Waals surface area contributed by atoms with Crippen LogP contribution in [0.2, 0.25) is 0 Å². The van der Waals surface area contributed by atoms with Crippen molar-refractivity contribution >= 4 is 0 Å². The molecule has 1 aliphatic rings. The van der Waals surface area contributed by atoms with Gasteiger partial charge in [-0.15, -0.1) is 0 Å². The number of likely N-dealkylation sites (tertiary alicyclic amines) is 1. The van der Waals surface area contributed by atoms with Crippen LogP contribution >= 0.6 is 0 Å². The number of hydrogen-bond acceptors (Lipinski definition) is 2. The number of hydrogen-bond donors (Lipinski definition) is 1. The van der Waals surface area contributed by atoms with Gasteiger partial charge in [0.2, 0.25) is 0 Å². The van der Waals surface area contributed by atoms with Gasteiger partial charge in [0.25, 0.3) is 0 Å². The van der Waals surface area contributed by atoms with E-state index >= 15 is 0 Å². The van der Waals surface area contributed by atoms with E-state index in [-0.39, 0.29) is 11.9 Å². The van der Waals surface area contributed by atoms with Crippen LogP contribution in [0.25, 0.3) is 0 Å². The highest BCUT2D eigenvalue weighted by molar-refractivity contribution is 5.23. The van der Waals surface area contributed by atoms with Crippen molar-refractivity contribution in [2.45, 2.75) is 32.2 Å². The fourth-order valence-electron chi connectivity index (χ4n) is 3.03. The molecule has 4 heteroatoms. The van der Waals surface area contributed by atoms with E-state index in [4.69, 9.17) is 5.73 Å². The highest BCUT2D eigenvalue weighted by atomic mass is 19.1. The monoisotopic (exact) mass is 268 g/mol. The van der Waals surface area contributed by atoms with Gasteiger partial charge >= 0.3 is 0 Å². The molecule has 2 unspecified atom stereocenters. The maximum Gasteiger partial charge on any atom is 0.128 e. The molecule has 2 nitrogen and oxygen atoms in total. The summed E-state index contributed by atoms with van der Waals surface area (Å²) < 4.78 is 27.2. The van der Waals surface area contributed by atoms with Crippen LogP contribution in [0.4, 0.5) is 8.78 Å². The highest BCUT2D eigenvalue weighted by Gasteiger charge is 2.29. The Morgan fingerprint density at radius 3 is 2.89 bits per heavy atom. The van der Waals surface area contributed by atoms with E-state index in [0.29, 0.717) is 18.0 Å². The molecule has 0 bridgehead atoms. The fraction of sp³-hybridized carbons (Fsp3) is 0.600. The first-order chi connectivity index (χ1) is 9.15.